The van der Waals surface area contributed by atoms with Crippen molar-refractivity contribution in [3.8, 4) is 0 Å². The highest BCUT2D eigenvalue weighted by Gasteiger charge is 2.29. The molecule has 0 aromatic rings. The van der Waals surface area contributed by atoms with Gasteiger partial charge in [0.2, 0.25) is 5.78 Å². The van der Waals surface area contributed by atoms with Gasteiger partial charge in [-0.1, -0.05) is 58.1 Å². The van der Waals surface area contributed by atoms with E-state index in [4.69, 9.17) is 4.74 Å². The van der Waals surface area contributed by atoms with Gasteiger partial charge < -0.3 is 9.84 Å². The number of aliphatic hydroxyl groups is 1. The molecule has 0 aromatic heterocycles. The second-order valence-corrected chi connectivity index (χ2v) is 9.04. The van der Waals surface area contributed by atoms with Crippen LogP contribution < -0.4 is 0 Å². The van der Waals surface area contributed by atoms with Crippen LogP contribution in [-0.2, 0) is 14.3 Å². The van der Waals surface area contributed by atoms with E-state index < -0.39 is 11.8 Å². The second-order valence-electron chi connectivity index (χ2n) is 9.04. The van der Waals surface area contributed by atoms with Gasteiger partial charge in [-0.25, -0.2) is 4.79 Å². The van der Waals surface area contributed by atoms with Crippen molar-refractivity contribution in [3.05, 3.63) is 11.6 Å². The van der Waals surface area contributed by atoms with Gasteiger partial charge >= 0.3 is 5.97 Å². The molecule has 1 N–H and O–H groups in total. The monoisotopic (exact) mass is 394 g/mol. The zero-order chi connectivity index (χ0) is 21.0. The maximum atomic E-state index is 11.6. The number of hydrogen-bond acceptors (Lipinski definition) is 4. The Bertz CT molecular complexity index is 507. The molecule has 162 valence electrons. The molecule has 0 aromatic carbocycles. The Morgan fingerprint density at radius 2 is 1.89 bits per heavy atom. The summed E-state index contributed by atoms with van der Waals surface area (Å²) in [6.45, 7) is 8.92. The van der Waals surface area contributed by atoms with Crippen LogP contribution in [0.2, 0.25) is 0 Å². The van der Waals surface area contributed by atoms with Gasteiger partial charge in [0.25, 0.3) is 0 Å². The average Bonchev–Trinajstić information content (AvgIpc) is 2.99. The summed E-state index contributed by atoms with van der Waals surface area (Å²) in [7, 11) is 0. The molecule has 4 heteroatoms. The van der Waals surface area contributed by atoms with Gasteiger partial charge in [0, 0.05) is 12.3 Å². The molecule has 1 fully saturated rings. The maximum absolute atomic E-state index is 11.6. The van der Waals surface area contributed by atoms with Crippen molar-refractivity contribution in [3.63, 3.8) is 0 Å². The van der Waals surface area contributed by atoms with E-state index in [0.29, 0.717) is 11.8 Å². The highest BCUT2D eigenvalue weighted by molar-refractivity contribution is 6.33. The van der Waals surface area contributed by atoms with Crippen molar-refractivity contribution >= 4 is 11.8 Å². The molecule has 1 aliphatic carbocycles. The minimum Gasteiger partial charge on any atom is -0.460 e. The largest absolute Gasteiger partial charge is 0.460 e. The number of carbonyl (C=O) groups excluding carboxylic acids is 2. The minimum absolute atomic E-state index is 0.222. The van der Waals surface area contributed by atoms with E-state index in [9.17, 15) is 14.7 Å². The number of unbranched alkanes of at least 4 members (excludes halogenated alkanes) is 3. The van der Waals surface area contributed by atoms with Gasteiger partial charge in [0.1, 0.15) is 0 Å². The predicted octanol–water partition coefficient (Wildman–Crippen LogP) is 5.76. The third kappa shape index (κ3) is 9.36. The summed E-state index contributed by atoms with van der Waals surface area (Å²) < 4.78 is 4.72. The molecule has 28 heavy (non-hydrogen) atoms. The first-order valence-electron chi connectivity index (χ1n) is 11.4. The molecular weight excluding hydrogens is 352 g/mol. The molecule has 0 bridgehead atoms. The number of ether oxygens (including phenoxy) is 1. The lowest BCUT2D eigenvalue weighted by atomic mass is 9.82. The smallest absolute Gasteiger partial charge is 0.374 e. The fourth-order valence-corrected chi connectivity index (χ4v) is 4.15. The van der Waals surface area contributed by atoms with E-state index in [1.54, 1.807) is 6.92 Å². The Morgan fingerprint density at radius 3 is 2.57 bits per heavy atom. The van der Waals surface area contributed by atoms with Crippen molar-refractivity contribution in [2.75, 3.05) is 6.61 Å². The van der Waals surface area contributed by atoms with E-state index in [0.717, 1.165) is 38.5 Å². The summed E-state index contributed by atoms with van der Waals surface area (Å²) in [5, 5.41) is 10.4. The van der Waals surface area contributed by atoms with E-state index in [1.807, 2.05) is 0 Å². The van der Waals surface area contributed by atoms with Crippen molar-refractivity contribution < 1.29 is 19.4 Å². The standard InChI is InChI=1S/C24H42O4/c1-5-7-17-24(3,4)18-11-12-19-15-16-21(25)20(19)13-9-8-10-14-22(26)23(27)28-6-2/h12,20-21,25H,5-11,13-18H2,1-4H3/t20-,21-/m1/s1. The maximum Gasteiger partial charge on any atom is 0.374 e. The molecule has 0 spiro atoms. The van der Waals surface area contributed by atoms with Crippen LogP contribution in [0.3, 0.4) is 0 Å². The van der Waals surface area contributed by atoms with Crippen LogP contribution in [0.1, 0.15) is 105 Å². The van der Waals surface area contributed by atoms with Crippen molar-refractivity contribution in [2.24, 2.45) is 11.3 Å². The van der Waals surface area contributed by atoms with Crippen LogP contribution in [0, 0.1) is 11.3 Å². The van der Waals surface area contributed by atoms with Crippen molar-refractivity contribution in [2.45, 2.75) is 111 Å². The summed E-state index contributed by atoms with van der Waals surface area (Å²) >= 11 is 0. The van der Waals surface area contributed by atoms with Crippen molar-refractivity contribution in [1.29, 1.82) is 0 Å². The number of Topliss-reactive ketones (excluding diaryl/α,β-unsaturated/α-hetero) is 1. The van der Waals surface area contributed by atoms with Crippen LogP contribution in [0.5, 0.6) is 0 Å². The first kappa shape index (κ1) is 24.9. The molecule has 0 amide bonds. The van der Waals surface area contributed by atoms with Crippen LogP contribution in [0.25, 0.3) is 0 Å². The Hall–Kier alpha value is -1.16. The molecule has 4 nitrogen and oxygen atoms in total. The van der Waals surface area contributed by atoms with Gasteiger partial charge in [-0.2, -0.15) is 0 Å². The molecule has 1 saturated carbocycles. The molecule has 0 heterocycles. The minimum atomic E-state index is -0.708. The summed E-state index contributed by atoms with van der Waals surface area (Å²) in [4.78, 5) is 22.9. The second kappa shape index (κ2) is 13.1. The van der Waals surface area contributed by atoms with Crippen LogP contribution >= 0.6 is 0 Å². The predicted molar refractivity (Wildman–Crippen MR) is 114 cm³/mol. The van der Waals surface area contributed by atoms with E-state index in [2.05, 4.69) is 26.8 Å². The molecule has 0 saturated heterocycles. The van der Waals surface area contributed by atoms with Crippen LogP contribution in [-0.4, -0.2) is 29.6 Å². The number of carbonyl (C=O) groups is 2. The topological polar surface area (TPSA) is 63.6 Å². The third-order valence-electron chi connectivity index (χ3n) is 6.03. The molecule has 1 rings (SSSR count). The molecular formula is C24H42O4. The van der Waals surface area contributed by atoms with Crippen LogP contribution in [0.15, 0.2) is 11.6 Å². The Labute approximate surface area is 172 Å². The normalized spacial score (nSPS) is 21.2. The summed E-state index contributed by atoms with van der Waals surface area (Å²) in [6.07, 6.45) is 14.0. The number of esters is 1. The quantitative estimate of drug-likeness (QED) is 0.176. The zero-order valence-electron chi connectivity index (χ0n) is 18.6. The number of rotatable bonds is 14. The number of aliphatic hydroxyl groups excluding tert-OH is 1. The van der Waals surface area contributed by atoms with E-state index in [1.165, 1.54) is 31.3 Å². The van der Waals surface area contributed by atoms with Gasteiger partial charge in [0.15, 0.2) is 0 Å². The third-order valence-corrected chi connectivity index (χ3v) is 6.03. The van der Waals surface area contributed by atoms with Crippen LogP contribution in [0.4, 0.5) is 0 Å². The fourth-order valence-electron chi connectivity index (χ4n) is 4.15. The lowest BCUT2D eigenvalue weighted by Gasteiger charge is -2.24. The summed E-state index contributed by atoms with van der Waals surface area (Å²) in [5.74, 6) is -0.852. The SMILES string of the molecule is CCCCC(C)(C)CCC=C1CC[C@@H](O)[C@@H]1CCCCCC(=O)C(=O)OCC. The van der Waals surface area contributed by atoms with E-state index in [-0.39, 0.29) is 25.0 Å². The first-order chi connectivity index (χ1) is 13.3. The highest BCUT2D eigenvalue weighted by Crippen LogP contribution is 2.37. The Morgan fingerprint density at radius 1 is 1.14 bits per heavy atom. The zero-order valence-corrected chi connectivity index (χ0v) is 18.6. The van der Waals surface area contributed by atoms with Gasteiger partial charge in [-0.15, -0.1) is 0 Å². The van der Waals surface area contributed by atoms with Crippen molar-refractivity contribution in [1.82, 2.24) is 0 Å². The van der Waals surface area contributed by atoms with E-state index >= 15 is 0 Å². The molecule has 0 radical (unpaired) electrons. The summed E-state index contributed by atoms with van der Waals surface area (Å²) in [6, 6.07) is 0. The average molecular weight is 395 g/mol. The highest BCUT2D eigenvalue weighted by atomic mass is 16.5. The number of allylic oxidation sites excluding steroid dienone is 1. The molecule has 2 atom stereocenters. The number of hydrogen-bond donors (Lipinski definition) is 1. The lowest BCUT2D eigenvalue weighted by molar-refractivity contribution is -0.153. The van der Waals surface area contributed by atoms with Gasteiger partial charge in [0.05, 0.1) is 12.7 Å². The molecule has 0 aliphatic heterocycles. The molecule has 1 aliphatic rings. The number of ketones is 1. The van der Waals surface area contributed by atoms with Gasteiger partial charge in [-0.3, -0.25) is 4.79 Å². The summed E-state index contributed by atoms with van der Waals surface area (Å²) in [5.41, 5.74) is 1.83. The fraction of sp³-hybridized carbons (Fsp3) is 0.833. The molecule has 0 unspecified atom stereocenters. The first-order valence-corrected chi connectivity index (χ1v) is 11.4. The van der Waals surface area contributed by atoms with Gasteiger partial charge in [-0.05, 0) is 57.3 Å². The Balaban J connectivity index is 2.34. The Kier molecular flexibility index (Phi) is 11.7. The lowest BCUT2D eigenvalue weighted by Crippen LogP contribution is -2.17.